The third kappa shape index (κ3) is 3.06. The fourth-order valence-electron chi connectivity index (χ4n) is 1.91. The van der Waals surface area contributed by atoms with Crippen LogP contribution in [0, 0.1) is 0 Å². The Balaban J connectivity index is 1.86. The quantitative estimate of drug-likeness (QED) is 0.529. The molecular formula is C15H12BrN3OS. The molecule has 6 heteroatoms. The third-order valence-electron chi connectivity index (χ3n) is 2.96. The number of rotatable bonds is 3. The molecule has 2 N–H and O–H groups in total. The third-order valence-corrected chi connectivity index (χ3v) is 4.40. The molecule has 1 heterocycles. The van der Waals surface area contributed by atoms with Crippen LogP contribution < -0.4 is 5.43 Å². The smallest absolute Gasteiger partial charge is 0.204 e. The highest BCUT2D eigenvalue weighted by atomic mass is 79.9. The van der Waals surface area contributed by atoms with Crippen LogP contribution in [0.4, 0.5) is 5.13 Å². The van der Waals surface area contributed by atoms with Crippen LogP contribution in [0.15, 0.2) is 52.0 Å². The van der Waals surface area contributed by atoms with Crippen molar-refractivity contribution in [2.75, 3.05) is 5.43 Å². The van der Waals surface area contributed by atoms with Crippen molar-refractivity contribution >= 4 is 48.3 Å². The van der Waals surface area contributed by atoms with E-state index in [-0.39, 0.29) is 5.75 Å². The number of thiazole rings is 1. The molecule has 0 saturated carbocycles. The predicted octanol–water partition coefficient (Wildman–Crippen LogP) is 4.60. The maximum absolute atomic E-state index is 9.87. The molecule has 1 aromatic heterocycles. The summed E-state index contributed by atoms with van der Waals surface area (Å²) >= 11 is 4.93. The molecule has 2 aromatic carbocycles. The number of aromatic nitrogens is 1. The zero-order chi connectivity index (χ0) is 14.8. The minimum absolute atomic E-state index is 0.200. The van der Waals surface area contributed by atoms with Crippen LogP contribution in [-0.4, -0.2) is 15.8 Å². The summed E-state index contributed by atoms with van der Waals surface area (Å²) in [6.07, 6.45) is 0. The Hall–Kier alpha value is -1.92. The average molecular weight is 362 g/mol. The van der Waals surface area contributed by atoms with Crippen LogP contribution in [0.25, 0.3) is 10.2 Å². The van der Waals surface area contributed by atoms with E-state index < -0.39 is 0 Å². The summed E-state index contributed by atoms with van der Waals surface area (Å²) in [4.78, 5) is 4.45. The summed E-state index contributed by atoms with van der Waals surface area (Å²) in [6.45, 7) is 1.84. The van der Waals surface area contributed by atoms with Crippen LogP contribution in [-0.2, 0) is 0 Å². The molecule has 0 saturated heterocycles. The van der Waals surface area contributed by atoms with E-state index in [2.05, 4.69) is 31.4 Å². The van der Waals surface area contributed by atoms with Gasteiger partial charge in [0.2, 0.25) is 5.13 Å². The van der Waals surface area contributed by atoms with Gasteiger partial charge in [-0.3, -0.25) is 5.43 Å². The maximum atomic E-state index is 9.87. The molecule has 0 amide bonds. The van der Waals surface area contributed by atoms with Gasteiger partial charge in [-0.25, -0.2) is 4.98 Å². The van der Waals surface area contributed by atoms with E-state index in [1.807, 2.05) is 37.3 Å². The molecule has 4 nitrogen and oxygen atoms in total. The molecule has 0 aliphatic heterocycles. The van der Waals surface area contributed by atoms with E-state index in [0.29, 0.717) is 11.3 Å². The lowest BCUT2D eigenvalue weighted by atomic mass is 10.1. The molecule has 0 spiro atoms. The lowest BCUT2D eigenvalue weighted by Crippen LogP contribution is -2.00. The standard InChI is InChI=1S/C15H12BrN3OS/c1-9(11-8-10(16)6-7-13(11)20)18-19-15-17-12-4-2-3-5-14(12)21-15/h2-8,20H,1H3,(H,17,19)/b18-9+. The number of hydrazone groups is 1. The summed E-state index contributed by atoms with van der Waals surface area (Å²) in [5, 5.41) is 14.9. The largest absolute Gasteiger partial charge is 0.507 e. The van der Waals surface area contributed by atoms with Crippen molar-refractivity contribution in [1.29, 1.82) is 0 Å². The van der Waals surface area contributed by atoms with Gasteiger partial charge in [-0.05, 0) is 37.3 Å². The topological polar surface area (TPSA) is 57.5 Å². The van der Waals surface area contributed by atoms with E-state index in [0.717, 1.165) is 19.8 Å². The number of phenolic OH excluding ortho intramolecular Hbond substituents is 1. The summed E-state index contributed by atoms with van der Waals surface area (Å²) in [5.41, 5.74) is 5.26. The number of benzene rings is 2. The molecule has 3 rings (SSSR count). The number of nitrogens with one attached hydrogen (secondary N) is 1. The maximum Gasteiger partial charge on any atom is 0.204 e. The Kier molecular flexibility index (Phi) is 3.90. The number of para-hydroxylation sites is 1. The fourth-order valence-corrected chi connectivity index (χ4v) is 3.08. The Labute approximate surface area is 134 Å². The Morgan fingerprint density at radius 1 is 1.29 bits per heavy atom. The summed E-state index contributed by atoms with van der Waals surface area (Å²) in [6, 6.07) is 13.2. The first-order valence-corrected chi connectivity index (χ1v) is 7.89. The molecule has 0 fully saturated rings. The number of aromatic hydroxyl groups is 1. The van der Waals surface area contributed by atoms with Gasteiger partial charge in [0, 0.05) is 10.0 Å². The number of hydrogen-bond acceptors (Lipinski definition) is 5. The zero-order valence-electron chi connectivity index (χ0n) is 11.2. The van der Waals surface area contributed by atoms with E-state index in [1.165, 1.54) is 0 Å². The lowest BCUT2D eigenvalue weighted by molar-refractivity contribution is 0.474. The van der Waals surface area contributed by atoms with Gasteiger partial charge in [0.1, 0.15) is 5.75 Å². The van der Waals surface area contributed by atoms with Crippen molar-refractivity contribution in [3.05, 3.63) is 52.5 Å². The van der Waals surface area contributed by atoms with Crippen LogP contribution in [0.2, 0.25) is 0 Å². The van der Waals surface area contributed by atoms with Crippen LogP contribution in [0.5, 0.6) is 5.75 Å². The van der Waals surface area contributed by atoms with Gasteiger partial charge < -0.3 is 5.11 Å². The van der Waals surface area contributed by atoms with E-state index in [9.17, 15) is 5.11 Å². The van der Waals surface area contributed by atoms with Crippen LogP contribution in [0.1, 0.15) is 12.5 Å². The molecular weight excluding hydrogens is 350 g/mol. The molecule has 0 aliphatic rings. The van der Waals surface area contributed by atoms with Crippen molar-refractivity contribution < 1.29 is 5.11 Å². The monoisotopic (exact) mass is 361 g/mol. The predicted molar refractivity (Wildman–Crippen MR) is 91.3 cm³/mol. The second-order valence-electron chi connectivity index (χ2n) is 4.46. The van der Waals surface area contributed by atoms with Crippen molar-refractivity contribution in [2.24, 2.45) is 5.10 Å². The highest BCUT2D eigenvalue weighted by Crippen LogP contribution is 2.26. The first-order valence-electron chi connectivity index (χ1n) is 6.28. The van der Waals surface area contributed by atoms with E-state index in [4.69, 9.17) is 0 Å². The normalized spacial score (nSPS) is 11.8. The minimum atomic E-state index is 0.200. The molecule has 0 aliphatic carbocycles. The molecule has 0 atom stereocenters. The average Bonchev–Trinajstić information content (AvgIpc) is 2.90. The van der Waals surface area contributed by atoms with Gasteiger partial charge in [0.15, 0.2) is 0 Å². The molecule has 0 bridgehead atoms. The van der Waals surface area contributed by atoms with Crippen LogP contribution in [0.3, 0.4) is 0 Å². The number of fused-ring (bicyclic) bond motifs is 1. The van der Waals surface area contributed by atoms with Gasteiger partial charge in [-0.1, -0.05) is 39.4 Å². The minimum Gasteiger partial charge on any atom is -0.507 e. The highest BCUT2D eigenvalue weighted by molar-refractivity contribution is 9.10. The molecule has 3 aromatic rings. The van der Waals surface area contributed by atoms with Crippen molar-refractivity contribution in [2.45, 2.75) is 6.92 Å². The first kappa shape index (κ1) is 14.0. The van der Waals surface area contributed by atoms with Gasteiger partial charge in [-0.15, -0.1) is 0 Å². The Bertz CT molecular complexity index is 796. The number of phenols is 1. The number of nitrogens with zero attached hydrogens (tertiary/aromatic N) is 2. The van der Waals surface area contributed by atoms with Crippen molar-refractivity contribution in [3.8, 4) is 5.75 Å². The SMILES string of the molecule is C/C(=N\Nc1nc2ccccc2s1)c1cc(Br)ccc1O. The number of anilines is 1. The zero-order valence-corrected chi connectivity index (χ0v) is 13.6. The van der Waals surface area contributed by atoms with Gasteiger partial charge in [0.25, 0.3) is 0 Å². The van der Waals surface area contributed by atoms with Crippen molar-refractivity contribution in [3.63, 3.8) is 0 Å². The van der Waals surface area contributed by atoms with Crippen molar-refractivity contribution in [1.82, 2.24) is 4.98 Å². The second kappa shape index (κ2) is 5.83. The van der Waals surface area contributed by atoms with E-state index in [1.54, 1.807) is 23.5 Å². The lowest BCUT2D eigenvalue weighted by Gasteiger charge is -2.04. The summed E-state index contributed by atoms with van der Waals surface area (Å²) in [5.74, 6) is 0.200. The number of halogens is 1. The number of hydrogen-bond donors (Lipinski definition) is 2. The molecule has 0 unspecified atom stereocenters. The fraction of sp³-hybridized carbons (Fsp3) is 0.0667. The molecule has 21 heavy (non-hydrogen) atoms. The highest BCUT2D eigenvalue weighted by Gasteiger charge is 2.06. The second-order valence-corrected chi connectivity index (χ2v) is 6.40. The summed E-state index contributed by atoms with van der Waals surface area (Å²) in [7, 11) is 0. The van der Waals surface area contributed by atoms with E-state index >= 15 is 0 Å². The molecule has 0 radical (unpaired) electrons. The van der Waals surface area contributed by atoms with Gasteiger partial charge >= 0.3 is 0 Å². The summed E-state index contributed by atoms with van der Waals surface area (Å²) < 4.78 is 2.00. The van der Waals surface area contributed by atoms with Crippen LogP contribution >= 0.6 is 27.3 Å². The molecule has 106 valence electrons. The van der Waals surface area contributed by atoms with Gasteiger partial charge in [-0.2, -0.15) is 5.10 Å². The first-order chi connectivity index (χ1) is 10.1. The Morgan fingerprint density at radius 2 is 2.10 bits per heavy atom. The van der Waals surface area contributed by atoms with Gasteiger partial charge in [0.05, 0.1) is 15.9 Å². The Morgan fingerprint density at radius 3 is 2.90 bits per heavy atom.